The molecule has 0 aliphatic carbocycles. The quantitative estimate of drug-likeness (QED) is 0.525. The van der Waals surface area contributed by atoms with E-state index in [1.165, 1.54) is 13.2 Å². The molecule has 30 heavy (non-hydrogen) atoms. The van der Waals surface area contributed by atoms with Gasteiger partial charge in [0.2, 0.25) is 11.7 Å². The Bertz CT molecular complexity index is 1010. The van der Waals surface area contributed by atoms with Crippen LogP contribution in [0.2, 0.25) is 0 Å². The predicted molar refractivity (Wildman–Crippen MR) is 117 cm³/mol. The summed E-state index contributed by atoms with van der Waals surface area (Å²) in [7, 11) is 4.63. The maximum atomic E-state index is 12.5. The van der Waals surface area contributed by atoms with Crippen LogP contribution < -0.4 is 24.3 Å². The summed E-state index contributed by atoms with van der Waals surface area (Å²) in [5.41, 5.74) is 1.30. The summed E-state index contributed by atoms with van der Waals surface area (Å²) in [6, 6.07) is 20.2. The summed E-state index contributed by atoms with van der Waals surface area (Å²) in [6.07, 6.45) is 3.10. The van der Waals surface area contributed by atoms with E-state index in [0.717, 1.165) is 5.56 Å². The summed E-state index contributed by atoms with van der Waals surface area (Å²) < 4.78 is 21.9. The molecule has 6 heteroatoms. The third-order valence-electron chi connectivity index (χ3n) is 4.23. The number of anilines is 1. The summed E-state index contributed by atoms with van der Waals surface area (Å²) in [6.45, 7) is 0. The van der Waals surface area contributed by atoms with Crippen molar-refractivity contribution in [2.75, 3.05) is 26.6 Å². The number of amides is 1. The highest BCUT2D eigenvalue weighted by Gasteiger charge is 2.12. The smallest absolute Gasteiger partial charge is 0.248 e. The molecule has 1 amide bonds. The van der Waals surface area contributed by atoms with Gasteiger partial charge in [-0.05, 0) is 48.0 Å². The summed E-state index contributed by atoms with van der Waals surface area (Å²) in [5.74, 6) is 2.46. The van der Waals surface area contributed by atoms with Crippen molar-refractivity contribution in [2.24, 2.45) is 0 Å². The lowest BCUT2D eigenvalue weighted by Gasteiger charge is -2.13. The molecule has 3 aromatic carbocycles. The average Bonchev–Trinajstić information content (AvgIpc) is 2.78. The van der Waals surface area contributed by atoms with Crippen molar-refractivity contribution in [2.45, 2.75) is 0 Å². The Morgan fingerprint density at radius 3 is 2.07 bits per heavy atom. The zero-order valence-electron chi connectivity index (χ0n) is 17.0. The minimum absolute atomic E-state index is 0.298. The van der Waals surface area contributed by atoms with E-state index < -0.39 is 0 Å². The van der Waals surface area contributed by atoms with E-state index >= 15 is 0 Å². The van der Waals surface area contributed by atoms with E-state index in [1.807, 2.05) is 42.5 Å². The molecule has 1 N–H and O–H groups in total. The van der Waals surface area contributed by atoms with Crippen molar-refractivity contribution in [1.29, 1.82) is 0 Å². The van der Waals surface area contributed by atoms with Gasteiger partial charge in [-0.2, -0.15) is 0 Å². The zero-order chi connectivity index (χ0) is 21.3. The lowest BCUT2D eigenvalue weighted by molar-refractivity contribution is -0.111. The Morgan fingerprint density at radius 1 is 0.800 bits per heavy atom. The Morgan fingerprint density at radius 2 is 1.43 bits per heavy atom. The fraction of sp³-hybridized carbons (Fsp3) is 0.125. The second kappa shape index (κ2) is 10.0. The highest BCUT2D eigenvalue weighted by molar-refractivity contribution is 6.02. The predicted octanol–water partition coefficient (Wildman–Crippen LogP) is 5.16. The highest BCUT2D eigenvalue weighted by atomic mass is 16.5. The number of hydrogen-bond acceptors (Lipinski definition) is 5. The Hall–Kier alpha value is -3.93. The van der Waals surface area contributed by atoms with Crippen LogP contribution in [0.3, 0.4) is 0 Å². The lowest BCUT2D eigenvalue weighted by atomic mass is 10.1. The van der Waals surface area contributed by atoms with Crippen LogP contribution >= 0.6 is 0 Å². The van der Waals surface area contributed by atoms with Gasteiger partial charge in [0.15, 0.2) is 17.2 Å². The number of rotatable bonds is 8. The molecule has 0 radical (unpaired) electrons. The van der Waals surface area contributed by atoms with Crippen LogP contribution in [0.25, 0.3) is 6.08 Å². The first-order valence-electron chi connectivity index (χ1n) is 9.25. The zero-order valence-corrected chi connectivity index (χ0v) is 17.0. The van der Waals surface area contributed by atoms with E-state index in [0.29, 0.717) is 34.4 Å². The summed E-state index contributed by atoms with van der Waals surface area (Å²) in [5, 5.41) is 2.84. The van der Waals surface area contributed by atoms with Gasteiger partial charge < -0.3 is 24.3 Å². The van der Waals surface area contributed by atoms with Crippen molar-refractivity contribution >= 4 is 17.7 Å². The molecule has 0 saturated heterocycles. The summed E-state index contributed by atoms with van der Waals surface area (Å²) in [4.78, 5) is 12.5. The van der Waals surface area contributed by atoms with E-state index in [-0.39, 0.29) is 5.91 Å². The number of benzene rings is 3. The molecule has 0 bridgehead atoms. The van der Waals surface area contributed by atoms with Gasteiger partial charge in [-0.15, -0.1) is 0 Å². The van der Waals surface area contributed by atoms with Crippen LogP contribution in [-0.4, -0.2) is 27.2 Å². The van der Waals surface area contributed by atoms with Crippen molar-refractivity contribution in [3.63, 3.8) is 0 Å². The number of hydrogen-bond donors (Lipinski definition) is 1. The Kier molecular flexibility index (Phi) is 6.95. The topological polar surface area (TPSA) is 66.0 Å². The van der Waals surface area contributed by atoms with Gasteiger partial charge in [-0.25, -0.2) is 0 Å². The van der Waals surface area contributed by atoms with Gasteiger partial charge in [-0.1, -0.05) is 30.3 Å². The monoisotopic (exact) mass is 405 g/mol. The molecule has 0 fully saturated rings. The first kappa shape index (κ1) is 20.8. The molecule has 0 unspecified atom stereocenters. The van der Waals surface area contributed by atoms with Crippen molar-refractivity contribution in [3.8, 4) is 28.7 Å². The molecular weight excluding hydrogens is 382 g/mol. The van der Waals surface area contributed by atoms with Crippen molar-refractivity contribution in [3.05, 3.63) is 78.4 Å². The standard InChI is InChI=1S/C24H23NO5/c1-27-21-15-17(16-22(28-2)24(21)29-3)13-14-23(26)25-19-11-7-8-12-20(19)30-18-9-5-4-6-10-18/h4-16H,1-3H3,(H,25,26). The number of methoxy groups -OCH3 is 3. The maximum Gasteiger partial charge on any atom is 0.248 e. The molecular formula is C24H23NO5. The fourth-order valence-corrected chi connectivity index (χ4v) is 2.82. The van der Waals surface area contributed by atoms with Crippen LogP contribution in [0.5, 0.6) is 28.7 Å². The fourth-order valence-electron chi connectivity index (χ4n) is 2.82. The largest absolute Gasteiger partial charge is 0.493 e. The molecule has 0 heterocycles. The second-order valence-corrected chi connectivity index (χ2v) is 6.19. The minimum Gasteiger partial charge on any atom is -0.493 e. The van der Waals surface area contributed by atoms with Gasteiger partial charge in [-0.3, -0.25) is 4.79 Å². The first-order chi connectivity index (χ1) is 14.6. The number of nitrogens with one attached hydrogen (secondary N) is 1. The van der Waals surface area contributed by atoms with Gasteiger partial charge >= 0.3 is 0 Å². The first-order valence-corrected chi connectivity index (χ1v) is 9.25. The lowest BCUT2D eigenvalue weighted by Crippen LogP contribution is -2.08. The third-order valence-corrected chi connectivity index (χ3v) is 4.23. The molecule has 6 nitrogen and oxygen atoms in total. The number of carbonyl (C=O) groups is 1. The van der Waals surface area contributed by atoms with Crippen LogP contribution in [0.4, 0.5) is 5.69 Å². The minimum atomic E-state index is -0.298. The SMILES string of the molecule is COc1cc(C=CC(=O)Nc2ccccc2Oc2ccccc2)cc(OC)c1OC. The van der Waals surface area contributed by atoms with Crippen molar-refractivity contribution < 1.29 is 23.7 Å². The number of para-hydroxylation sites is 3. The van der Waals surface area contributed by atoms with Crippen LogP contribution in [0.15, 0.2) is 72.8 Å². The Labute approximate surface area is 175 Å². The molecule has 3 rings (SSSR count). The maximum absolute atomic E-state index is 12.5. The van der Waals surface area contributed by atoms with Gasteiger partial charge in [0.05, 0.1) is 27.0 Å². The third kappa shape index (κ3) is 5.11. The van der Waals surface area contributed by atoms with Crippen molar-refractivity contribution in [1.82, 2.24) is 0 Å². The molecule has 0 aliphatic heterocycles. The molecule has 0 saturated carbocycles. The molecule has 3 aromatic rings. The average molecular weight is 405 g/mol. The number of ether oxygens (including phenoxy) is 4. The number of carbonyl (C=O) groups excluding carboxylic acids is 1. The van der Waals surface area contributed by atoms with E-state index in [4.69, 9.17) is 18.9 Å². The van der Waals surface area contributed by atoms with Gasteiger partial charge in [0.1, 0.15) is 5.75 Å². The van der Waals surface area contributed by atoms with Crippen LogP contribution in [0.1, 0.15) is 5.56 Å². The molecule has 0 atom stereocenters. The summed E-state index contributed by atoms with van der Waals surface area (Å²) >= 11 is 0. The molecule has 0 aromatic heterocycles. The van der Waals surface area contributed by atoms with Gasteiger partial charge in [0, 0.05) is 6.08 Å². The van der Waals surface area contributed by atoms with Crippen LogP contribution in [0, 0.1) is 0 Å². The molecule has 0 aliphatic rings. The van der Waals surface area contributed by atoms with E-state index in [2.05, 4.69) is 5.32 Å². The normalized spacial score (nSPS) is 10.5. The van der Waals surface area contributed by atoms with E-state index in [9.17, 15) is 4.79 Å². The van der Waals surface area contributed by atoms with Gasteiger partial charge in [0.25, 0.3) is 0 Å². The molecule has 0 spiro atoms. The Balaban J connectivity index is 1.76. The molecule has 154 valence electrons. The van der Waals surface area contributed by atoms with Crippen LogP contribution in [-0.2, 0) is 4.79 Å². The highest BCUT2D eigenvalue weighted by Crippen LogP contribution is 2.38. The second-order valence-electron chi connectivity index (χ2n) is 6.19. The van der Waals surface area contributed by atoms with E-state index in [1.54, 1.807) is 44.6 Å².